The van der Waals surface area contributed by atoms with Gasteiger partial charge in [-0.1, -0.05) is 20.3 Å². The Balaban J connectivity index is 1.89. The number of nitrogens with one attached hydrogen (secondary N) is 1. The van der Waals surface area contributed by atoms with Crippen LogP contribution in [0.15, 0.2) is 4.99 Å². The summed E-state index contributed by atoms with van der Waals surface area (Å²) >= 11 is 0. The van der Waals surface area contributed by atoms with Crippen molar-refractivity contribution in [1.29, 1.82) is 0 Å². The van der Waals surface area contributed by atoms with Gasteiger partial charge in [0.2, 0.25) is 0 Å². The Morgan fingerprint density at radius 1 is 1.22 bits per heavy atom. The van der Waals surface area contributed by atoms with Crippen molar-refractivity contribution in [2.75, 3.05) is 59.0 Å². The Kier molecular flexibility index (Phi) is 7.63. The van der Waals surface area contributed by atoms with Gasteiger partial charge >= 0.3 is 0 Å². The first-order chi connectivity index (χ1) is 11.2. The number of ether oxygens (including phenoxy) is 1. The molecule has 0 aromatic heterocycles. The van der Waals surface area contributed by atoms with Crippen LogP contribution in [0.2, 0.25) is 0 Å². The van der Waals surface area contributed by atoms with E-state index in [4.69, 9.17) is 9.73 Å². The zero-order chi connectivity index (χ0) is 16.5. The molecule has 2 rings (SSSR count). The Morgan fingerprint density at radius 2 is 2.00 bits per heavy atom. The third-order valence-electron chi connectivity index (χ3n) is 5.05. The molecule has 1 N–H and O–H groups in total. The van der Waals surface area contributed by atoms with Gasteiger partial charge in [-0.2, -0.15) is 0 Å². The summed E-state index contributed by atoms with van der Waals surface area (Å²) in [6, 6.07) is 0. The van der Waals surface area contributed by atoms with Gasteiger partial charge in [-0.3, -0.25) is 9.89 Å². The van der Waals surface area contributed by atoms with Gasteiger partial charge in [-0.05, 0) is 31.6 Å². The minimum absolute atomic E-state index is 0.452. The minimum atomic E-state index is 0.452. The minimum Gasteiger partial charge on any atom is -0.379 e. The van der Waals surface area contributed by atoms with Crippen LogP contribution in [-0.4, -0.2) is 74.8 Å². The molecule has 1 unspecified atom stereocenters. The second kappa shape index (κ2) is 9.48. The average Bonchev–Trinajstić information content (AvgIpc) is 2.55. The molecule has 0 saturated carbocycles. The molecule has 2 aliphatic heterocycles. The van der Waals surface area contributed by atoms with Gasteiger partial charge in [0, 0.05) is 39.3 Å². The molecule has 0 aromatic rings. The smallest absolute Gasteiger partial charge is 0.193 e. The van der Waals surface area contributed by atoms with Crippen LogP contribution in [0, 0.1) is 5.41 Å². The monoisotopic (exact) mass is 324 g/mol. The van der Waals surface area contributed by atoms with Gasteiger partial charge in [0.25, 0.3) is 0 Å². The van der Waals surface area contributed by atoms with E-state index in [1.807, 2.05) is 0 Å². The number of likely N-dealkylation sites (tertiary alicyclic amines) is 1. The zero-order valence-corrected chi connectivity index (χ0v) is 15.4. The predicted molar refractivity (Wildman–Crippen MR) is 97.1 cm³/mol. The molecule has 5 nitrogen and oxygen atoms in total. The van der Waals surface area contributed by atoms with Gasteiger partial charge < -0.3 is 15.0 Å². The van der Waals surface area contributed by atoms with E-state index >= 15 is 0 Å². The molecular weight excluding hydrogens is 288 g/mol. The highest BCUT2D eigenvalue weighted by Crippen LogP contribution is 2.33. The number of hydrogen-bond donors (Lipinski definition) is 1. The normalized spacial score (nSPS) is 27.3. The first kappa shape index (κ1) is 18.5. The van der Waals surface area contributed by atoms with Gasteiger partial charge in [-0.15, -0.1) is 0 Å². The molecule has 2 saturated heterocycles. The summed E-state index contributed by atoms with van der Waals surface area (Å²) in [6.07, 6.45) is 5.22. The maximum absolute atomic E-state index is 5.41. The maximum atomic E-state index is 5.41. The molecule has 0 aromatic carbocycles. The molecule has 1 atom stereocenters. The lowest BCUT2D eigenvalue weighted by Gasteiger charge is -2.42. The maximum Gasteiger partial charge on any atom is 0.193 e. The van der Waals surface area contributed by atoms with Crippen LogP contribution < -0.4 is 5.32 Å². The van der Waals surface area contributed by atoms with E-state index in [-0.39, 0.29) is 0 Å². The highest BCUT2D eigenvalue weighted by Gasteiger charge is 2.31. The fourth-order valence-electron chi connectivity index (χ4n) is 3.85. The van der Waals surface area contributed by atoms with Crippen LogP contribution in [0.1, 0.15) is 46.5 Å². The highest BCUT2D eigenvalue weighted by molar-refractivity contribution is 5.80. The number of morpholine rings is 1. The molecule has 5 heteroatoms. The Bertz CT molecular complexity index is 364. The van der Waals surface area contributed by atoms with Crippen molar-refractivity contribution in [3.8, 4) is 0 Å². The molecule has 2 fully saturated rings. The molecule has 0 amide bonds. The largest absolute Gasteiger partial charge is 0.379 e. The quantitative estimate of drug-likeness (QED) is 0.600. The zero-order valence-electron chi connectivity index (χ0n) is 15.4. The van der Waals surface area contributed by atoms with E-state index in [1.165, 1.54) is 25.7 Å². The SMILES string of the molecule is CCCC1(C)CCCN(C(=NCCN2CCOCC2)NCC)C1. The van der Waals surface area contributed by atoms with Crippen molar-refractivity contribution < 1.29 is 4.74 Å². The van der Waals surface area contributed by atoms with Crippen LogP contribution >= 0.6 is 0 Å². The van der Waals surface area contributed by atoms with Crippen molar-refractivity contribution in [2.24, 2.45) is 10.4 Å². The lowest BCUT2D eigenvalue weighted by molar-refractivity contribution is 0.0394. The third kappa shape index (κ3) is 5.96. The summed E-state index contributed by atoms with van der Waals surface area (Å²) in [5, 5.41) is 3.50. The number of rotatable bonds is 6. The van der Waals surface area contributed by atoms with Crippen LogP contribution in [0.5, 0.6) is 0 Å². The molecule has 2 aliphatic rings. The van der Waals surface area contributed by atoms with Gasteiger partial charge in [0.05, 0.1) is 19.8 Å². The summed E-state index contributed by atoms with van der Waals surface area (Å²) < 4.78 is 5.41. The second-order valence-electron chi connectivity index (χ2n) is 7.28. The summed E-state index contributed by atoms with van der Waals surface area (Å²) in [5.41, 5.74) is 0.452. The Labute approximate surface area is 142 Å². The predicted octanol–water partition coefficient (Wildman–Crippen LogP) is 2.19. The molecule has 0 radical (unpaired) electrons. The van der Waals surface area contributed by atoms with Crippen LogP contribution in [-0.2, 0) is 4.74 Å². The highest BCUT2D eigenvalue weighted by atomic mass is 16.5. The summed E-state index contributed by atoms with van der Waals surface area (Å²) in [5.74, 6) is 1.11. The molecular formula is C18H36N4O. The van der Waals surface area contributed by atoms with Crippen molar-refractivity contribution in [3.63, 3.8) is 0 Å². The lowest BCUT2D eigenvalue weighted by atomic mass is 9.78. The van der Waals surface area contributed by atoms with Crippen molar-refractivity contribution in [1.82, 2.24) is 15.1 Å². The summed E-state index contributed by atoms with van der Waals surface area (Å²) in [7, 11) is 0. The van der Waals surface area contributed by atoms with E-state index in [1.54, 1.807) is 0 Å². The van der Waals surface area contributed by atoms with Crippen molar-refractivity contribution in [2.45, 2.75) is 46.5 Å². The van der Waals surface area contributed by atoms with Gasteiger partial charge in [-0.25, -0.2) is 0 Å². The Morgan fingerprint density at radius 3 is 2.70 bits per heavy atom. The van der Waals surface area contributed by atoms with E-state index < -0.39 is 0 Å². The van der Waals surface area contributed by atoms with Crippen LogP contribution in [0.3, 0.4) is 0 Å². The third-order valence-corrected chi connectivity index (χ3v) is 5.05. The van der Waals surface area contributed by atoms with E-state index in [9.17, 15) is 0 Å². The van der Waals surface area contributed by atoms with E-state index in [2.05, 4.69) is 35.9 Å². The van der Waals surface area contributed by atoms with E-state index in [0.29, 0.717) is 5.41 Å². The summed E-state index contributed by atoms with van der Waals surface area (Å²) in [4.78, 5) is 9.85. The first-order valence-corrected chi connectivity index (χ1v) is 9.50. The first-order valence-electron chi connectivity index (χ1n) is 9.50. The van der Waals surface area contributed by atoms with Gasteiger partial charge in [0.15, 0.2) is 5.96 Å². The van der Waals surface area contributed by atoms with Crippen molar-refractivity contribution >= 4 is 5.96 Å². The molecule has 0 spiro atoms. The van der Waals surface area contributed by atoms with Crippen molar-refractivity contribution in [3.05, 3.63) is 0 Å². The standard InChI is InChI=1S/C18H36N4O/c1-4-7-18(3)8-6-10-22(16-18)17(19-5-2)20-9-11-21-12-14-23-15-13-21/h4-16H2,1-3H3,(H,19,20). The Hall–Kier alpha value is -0.810. The van der Waals surface area contributed by atoms with E-state index in [0.717, 1.165) is 65.0 Å². The summed E-state index contributed by atoms with van der Waals surface area (Å²) in [6.45, 7) is 15.9. The lowest BCUT2D eigenvalue weighted by Crippen LogP contribution is -2.50. The number of piperidine rings is 1. The topological polar surface area (TPSA) is 40.1 Å². The fourth-order valence-corrected chi connectivity index (χ4v) is 3.85. The van der Waals surface area contributed by atoms with Crippen LogP contribution in [0.4, 0.5) is 0 Å². The second-order valence-corrected chi connectivity index (χ2v) is 7.28. The number of guanidine groups is 1. The van der Waals surface area contributed by atoms with Gasteiger partial charge in [0.1, 0.15) is 0 Å². The molecule has 2 heterocycles. The molecule has 0 aliphatic carbocycles. The van der Waals surface area contributed by atoms with Crippen LogP contribution in [0.25, 0.3) is 0 Å². The molecule has 23 heavy (non-hydrogen) atoms. The number of nitrogens with zero attached hydrogens (tertiary/aromatic N) is 3. The fraction of sp³-hybridized carbons (Fsp3) is 0.944. The number of aliphatic imine (C=N–C) groups is 1. The number of hydrogen-bond acceptors (Lipinski definition) is 3. The molecule has 134 valence electrons. The molecule has 0 bridgehead atoms. The average molecular weight is 325 g/mol.